The number of carbonyl (C=O) groups is 2. The second-order valence-electron chi connectivity index (χ2n) is 5.92. The first-order chi connectivity index (χ1) is 12.0. The van der Waals surface area contributed by atoms with Gasteiger partial charge in [-0.1, -0.05) is 42.1 Å². The highest BCUT2D eigenvalue weighted by Crippen LogP contribution is 2.26. The van der Waals surface area contributed by atoms with Crippen molar-refractivity contribution in [2.24, 2.45) is 4.99 Å². The van der Waals surface area contributed by atoms with Gasteiger partial charge < -0.3 is 10.6 Å². The summed E-state index contributed by atoms with van der Waals surface area (Å²) in [6, 6.07) is 15.3. The van der Waals surface area contributed by atoms with Crippen molar-refractivity contribution in [3.05, 3.63) is 59.7 Å². The molecule has 1 atom stereocenters. The van der Waals surface area contributed by atoms with Crippen molar-refractivity contribution in [3.63, 3.8) is 0 Å². The number of nitrogens with zero attached hydrogens (tertiary/aromatic N) is 1. The molecule has 1 fully saturated rings. The van der Waals surface area contributed by atoms with Crippen LogP contribution in [0.2, 0.25) is 0 Å². The highest BCUT2D eigenvalue weighted by Gasteiger charge is 2.32. The Balaban J connectivity index is 1.63. The summed E-state index contributed by atoms with van der Waals surface area (Å²) in [6.45, 7) is 3.93. The molecule has 0 radical (unpaired) electrons. The van der Waals surface area contributed by atoms with Crippen LogP contribution >= 0.6 is 11.8 Å². The van der Waals surface area contributed by atoms with Gasteiger partial charge in [0.05, 0.1) is 5.69 Å². The van der Waals surface area contributed by atoms with Crippen LogP contribution in [0.5, 0.6) is 0 Å². The van der Waals surface area contributed by atoms with Crippen molar-refractivity contribution >= 4 is 40.1 Å². The van der Waals surface area contributed by atoms with Gasteiger partial charge in [-0.05, 0) is 43.2 Å². The summed E-state index contributed by atoms with van der Waals surface area (Å²) in [5, 5.41) is 5.65. The third-order valence-electron chi connectivity index (χ3n) is 3.79. The number of amides is 2. The zero-order valence-electron chi connectivity index (χ0n) is 14.1. The second-order valence-corrected chi connectivity index (χ2v) is 7.11. The van der Waals surface area contributed by atoms with Crippen molar-refractivity contribution in [3.8, 4) is 0 Å². The minimum absolute atomic E-state index is 0.108. The highest BCUT2D eigenvalue weighted by atomic mass is 32.2. The normalized spacial score (nSPS) is 18.2. The average Bonchev–Trinajstić information content (AvgIpc) is 2.89. The van der Waals surface area contributed by atoms with Crippen LogP contribution in [0.4, 0.5) is 11.4 Å². The maximum Gasteiger partial charge on any atom is 0.240 e. The van der Waals surface area contributed by atoms with Crippen LogP contribution in [0, 0.1) is 13.8 Å². The lowest BCUT2D eigenvalue weighted by Gasteiger charge is -2.08. The smallest absolute Gasteiger partial charge is 0.240 e. The van der Waals surface area contributed by atoms with Crippen LogP contribution in [0.3, 0.4) is 0 Å². The van der Waals surface area contributed by atoms with E-state index in [9.17, 15) is 9.59 Å². The molecule has 2 N–H and O–H groups in total. The molecule has 25 heavy (non-hydrogen) atoms. The van der Waals surface area contributed by atoms with Gasteiger partial charge in [0.25, 0.3) is 0 Å². The van der Waals surface area contributed by atoms with Gasteiger partial charge in [-0.2, -0.15) is 0 Å². The number of rotatable bonds is 4. The monoisotopic (exact) mass is 353 g/mol. The fraction of sp³-hybridized carbons (Fsp3) is 0.211. The molecule has 3 rings (SSSR count). The molecule has 1 heterocycles. The predicted octanol–water partition coefficient (Wildman–Crippen LogP) is 3.55. The van der Waals surface area contributed by atoms with E-state index in [-0.39, 0.29) is 18.2 Å². The fourth-order valence-corrected chi connectivity index (χ4v) is 3.47. The molecule has 1 aliphatic heterocycles. The zero-order valence-corrected chi connectivity index (χ0v) is 14.9. The summed E-state index contributed by atoms with van der Waals surface area (Å²) in [7, 11) is 0. The first-order valence-electron chi connectivity index (χ1n) is 7.99. The third-order valence-corrected chi connectivity index (χ3v) is 4.87. The third kappa shape index (κ3) is 4.48. The number of para-hydroxylation sites is 1. The molecular weight excluding hydrogens is 334 g/mol. The summed E-state index contributed by atoms with van der Waals surface area (Å²) in [5.74, 6) is -0.368. The van der Waals surface area contributed by atoms with Gasteiger partial charge in [0.2, 0.25) is 11.8 Å². The number of nitrogens with one attached hydrogen (secondary N) is 2. The van der Waals surface area contributed by atoms with Crippen molar-refractivity contribution in [1.82, 2.24) is 5.32 Å². The van der Waals surface area contributed by atoms with Crippen LogP contribution in [0.1, 0.15) is 17.5 Å². The topological polar surface area (TPSA) is 70.6 Å². The molecule has 0 bridgehead atoms. The Morgan fingerprint density at radius 3 is 2.76 bits per heavy atom. The van der Waals surface area contributed by atoms with E-state index in [1.807, 2.05) is 62.4 Å². The van der Waals surface area contributed by atoms with Crippen molar-refractivity contribution < 1.29 is 9.59 Å². The average molecular weight is 353 g/mol. The number of thioether (sulfide) groups is 1. The number of carbonyl (C=O) groups excluding carboxylic acids is 2. The Morgan fingerprint density at radius 1 is 1.20 bits per heavy atom. The van der Waals surface area contributed by atoms with E-state index in [1.54, 1.807) is 0 Å². The Labute approximate surface area is 150 Å². The molecule has 2 amide bonds. The lowest BCUT2D eigenvalue weighted by atomic mass is 10.2. The van der Waals surface area contributed by atoms with Crippen molar-refractivity contribution in [2.75, 3.05) is 5.32 Å². The predicted molar refractivity (Wildman–Crippen MR) is 102 cm³/mol. The van der Waals surface area contributed by atoms with Gasteiger partial charge in [-0.3, -0.25) is 9.59 Å². The molecule has 5 nitrogen and oxygen atoms in total. The number of amidine groups is 1. The molecular formula is C19H19N3O2S. The first kappa shape index (κ1) is 17.2. The Bertz CT molecular complexity index is 848. The fourth-order valence-electron chi connectivity index (χ4n) is 2.49. The van der Waals surface area contributed by atoms with Gasteiger partial charge >= 0.3 is 0 Å². The highest BCUT2D eigenvalue weighted by molar-refractivity contribution is 8.15. The van der Waals surface area contributed by atoms with Crippen LogP contribution in [-0.2, 0) is 9.59 Å². The van der Waals surface area contributed by atoms with Crippen molar-refractivity contribution in [2.45, 2.75) is 25.5 Å². The maximum atomic E-state index is 12.2. The van der Waals surface area contributed by atoms with E-state index in [1.165, 1.54) is 11.8 Å². The number of benzene rings is 2. The number of hydrogen-bond acceptors (Lipinski definition) is 4. The Morgan fingerprint density at radius 2 is 2.00 bits per heavy atom. The van der Waals surface area contributed by atoms with Crippen LogP contribution in [0.25, 0.3) is 0 Å². The first-order valence-corrected chi connectivity index (χ1v) is 8.87. The van der Waals surface area contributed by atoms with Crippen LogP contribution < -0.4 is 10.6 Å². The van der Waals surface area contributed by atoms with Crippen LogP contribution in [0.15, 0.2) is 53.5 Å². The van der Waals surface area contributed by atoms with Gasteiger partial charge in [-0.25, -0.2) is 4.99 Å². The van der Waals surface area contributed by atoms with Gasteiger partial charge in [0, 0.05) is 12.1 Å². The van der Waals surface area contributed by atoms with Crippen molar-refractivity contribution in [1.29, 1.82) is 0 Å². The van der Waals surface area contributed by atoms with Gasteiger partial charge in [0.15, 0.2) is 5.17 Å². The Hall–Kier alpha value is -2.60. The number of aliphatic imine (C=N–C) groups is 1. The molecule has 0 spiro atoms. The molecule has 1 aliphatic rings. The number of hydrogen-bond donors (Lipinski definition) is 2. The molecule has 0 saturated carbocycles. The molecule has 2 aromatic rings. The quantitative estimate of drug-likeness (QED) is 0.883. The second kappa shape index (κ2) is 7.53. The largest absolute Gasteiger partial charge is 0.326 e. The zero-order chi connectivity index (χ0) is 17.8. The van der Waals surface area contributed by atoms with Gasteiger partial charge in [0.1, 0.15) is 5.25 Å². The molecule has 0 aromatic heterocycles. The molecule has 1 saturated heterocycles. The number of anilines is 1. The van der Waals surface area contributed by atoms with Gasteiger partial charge in [-0.15, -0.1) is 0 Å². The molecule has 1 unspecified atom stereocenters. The van der Waals surface area contributed by atoms with E-state index in [0.29, 0.717) is 5.17 Å². The maximum absolute atomic E-state index is 12.2. The standard InChI is InChI=1S/C19H19N3O2S/c1-12-6-5-8-14(10-12)20-17(23)11-16-18(24)22-19(25-16)21-15-9-4-3-7-13(15)2/h3-10,16H,11H2,1-2H3,(H,20,23)(H,21,22,24). The minimum atomic E-state index is -0.465. The molecule has 2 aromatic carbocycles. The number of aryl methyl sites for hydroxylation is 2. The Kier molecular flexibility index (Phi) is 5.19. The van der Waals surface area contributed by atoms with E-state index in [4.69, 9.17) is 0 Å². The molecule has 128 valence electrons. The summed E-state index contributed by atoms with van der Waals surface area (Å²) in [5.41, 5.74) is 3.65. The summed E-state index contributed by atoms with van der Waals surface area (Å²) in [4.78, 5) is 28.8. The van der Waals surface area contributed by atoms with E-state index < -0.39 is 5.25 Å². The summed E-state index contributed by atoms with van der Waals surface area (Å²) < 4.78 is 0. The lowest BCUT2D eigenvalue weighted by Crippen LogP contribution is -2.28. The summed E-state index contributed by atoms with van der Waals surface area (Å²) in [6.07, 6.45) is 0.108. The summed E-state index contributed by atoms with van der Waals surface area (Å²) >= 11 is 1.29. The minimum Gasteiger partial charge on any atom is -0.326 e. The lowest BCUT2D eigenvalue weighted by molar-refractivity contribution is -0.122. The van der Waals surface area contributed by atoms with E-state index in [2.05, 4.69) is 15.6 Å². The molecule has 6 heteroatoms. The van der Waals surface area contributed by atoms with E-state index in [0.717, 1.165) is 22.5 Å². The SMILES string of the molecule is Cc1cccc(NC(=O)CC2SC(=Nc3ccccc3C)NC2=O)c1. The molecule has 0 aliphatic carbocycles. The van der Waals surface area contributed by atoms with Crippen LogP contribution in [-0.4, -0.2) is 22.2 Å². The van der Waals surface area contributed by atoms with E-state index >= 15 is 0 Å².